The van der Waals surface area contributed by atoms with Crippen LogP contribution in [0.2, 0.25) is 0 Å². The Morgan fingerprint density at radius 1 is 1.45 bits per heavy atom. The van der Waals surface area contributed by atoms with Gasteiger partial charge in [-0.2, -0.15) is 10.3 Å². The summed E-state index contributed by atoms with van der Waals surface area (Å²) < 4.78 is 24.0. The fraction of sp³-hybridized carbons (Fsp3) is 0.250. The van der Waals surface area contributed by atoms with Crippen LogP contribution in [0.5, 0.6) is 5.75 Å². The first kappa shape index (κ1) is 14.4. The molecule has 0 saturated heterocycles. The van der Waals surface area contributed by atoms with Crippen LogP contribution < -0.4 is 4.74 Å². The van der Waals surface area contributed by atoms with Crippen molar-refractivity contribution < 1.29 is 18.7 Å². The zero-order valence-corrected chi connectivity index (χ0v) is 12.3. The fourth-order valence-electron chi connectivity index (χ4n) is 1.64. The molecule has 0 aliphatic carbocycles. The molecule has 1 N–H and O–H groups in total. The van der Waals surface area contributed by atoms with Crippen molar-refractivity contribution in [2.45, 2.75) is 6.92 Å². The smallest absolute Gasteiger partial charge is 0.361 e. The molecular formula is C12H11BrFN3O3. The van der Waals surface area contributed by atoms with Crippen molar-refractivity contribution in [3.05, 3.63) is 28.1 Å². The molecule has 0 spiro atoms. The fourth-order valence-corrected chi connectivity index (χ4v) is 1.97. The molecule has 1 aromatic heterocycles. The number of benzene rings is 1. The molecule has 6 nitrogen and oxygen atoms in total. The Bertz CT molecular complexity index is 645. The maximum atomic E-state index is 13.7. The minimum Gasteiger partial charge on any atom is -0.496 e. The van der Waals surface area contributed by atoms with E-state index in [2.05, 4.69) is 31.3 Å². The second-order valence-electron chi connectivity index (χ2n) is 3.71. The monoisotopic (exact) mass is 343 g/mol. The third-order valence-corrected chi connectivity index (χ3v) is 3.12. The van der Waals surface area contributed by atoms with Crippen LogP contribution in [-0.2, 0) is 4.74 Å². The zero-order chi connectivity index (χ0) is 14.7. The highest BCUT2D eigenvalue weighted by Gasteiger charge is 2.22. The van der Waals surface area contributed by atoms with E-state index in [4.69, 9.17) is 9.47 Å². The van der Waals surface area contributed by atoms with E-state index in [1.807, 2.05) is 0 Å². The van der Waals surface area contributed by atoms with Crippen LogP contribution in [-0.4, -0.2) is 35.1 Å². The van der Waals surface area contributed by atoms with Gasteiger partial charge in [0, 0.05) is 5.56 Å². The van der Waals surface area contributed by atoms with Crippen molar-refractivity contribution in [1.29, 1.82) is 0 Å². The van der Waals surface area contributed by atoms with E-state index in [9.17, 15) is 9.18 Å². The number of hydrogen-bond acceptors (Lipinski definition) is 5. The highest BCUT2D eigenvalue weighted by molar-refractivity contribution is 9.10. The number of H-pyrrole nitrogens is 1. The van der Waals surface area contributed by atoms with Crippen LogP contribution in [0, 0.1) is 5.82 Å². The summed E-state index contributed by atoms with van der Waals surface area (Å²) in [5.41, 5.74) is 0.462. The Labute approximate surface area is 122 Å². The van der Waals surface area contributed by atoms with Gasteiger partial charge >= 0.3 is 5.97 Å². The molecular weight excluding hydrogens is 333 g/mol. The van der Waals surface area contributed by atoms with Gasteiger partial charge in [-0.15, -0.1) is 5.10 Å². The Balaban J connectivity index is 2.55. The van der Waals surface area contributed by atoms with E-state index in [0.29, 0.717) is 11.3 Å². The van der Waals surface area contributed by atoms with E-state index in [0.717, 1.165) is 0 Å². The quantitative estimate of drug-likeness (QED) is 0.863. The minimum absolute atomic E-state index is 0.0214. The zero-order valence-electron chi connectivity index (χ0n) is 10.7. The molecule has 0 unspecified atom stereocenters. The number of halogens is 2. The average Bonchev–Trinajstić information content (AvgIpc) is 2.90. The van der Waals surface area contributed by atoms with Crippen molar-refractivity contribution in [1.82, 2.24) is 15.4 Å². The van der Waals surface area contributed by atoms with Crippen LogP contribution in [0.4, 0.5) is 4.39 Å². The van der Waals surface area contributed by atoms with Crippen LogP contribution >= 0.6 is 15.9 Å². The Morgan fingerprint density at radius 2 is 2.20 bits per heavy atom. The summed E-state index contributed by atoms with van der Waals surface area (Å²) >= 11 is 3.07. The number of ether oxygens (including phenoxy) is 2. The number of rotatable bonds is 4. The van der Waals surface area contributed by atoms with Crippen molar-refractivity contribution in [3.8, 4) is 17.0 Å². The summed E-state index contributed by atoms with van der Waals surface area (Å²) in [4.78, 5) is 11.8. The van der Waals surface area contributed by atoms with Gasteiger partial charge in [0.1, 0.15) is 17.3 Å². The summed E-state index contributed by atoms with van der Waals surface area (Å²) in [5.74, 6) is -0.780. The van der Waals surface area contributed by atoms with Gasteiger partial charge in [-0.05, 0) is 35.0 Å². The maximum Gasteiger partial charge on any atom is 0.361 e. The van der Waals surface area contributed by atoms with Crippen LogP contribution in [0.3, 0.4) is 0 Å². The number of nitrogens with one attached hydrogen (secondary N) is 1. The molecule has 0 radical (unpaired) electrons. The molecule has 106 valence electrons. The van der Waals surface area contributed by atoms with Gasteiger partial charge < -0.3 is 9.47 Å². The highest BCUT2D eigenvalue weighted by atomic mass is 79.9. The Morgan fingerprint density at radius 3 is 2.85 bits per heavy atom. The largest absolute Gasteiger partial charge is 0.496 e. The van der Waals surface area contributed by atoms with Gasteiger partial charge in [0.2, 0.25) is 0 Å². The van der Waals surface area contributed by atoms with E-state index in [-0.39, 0.29) is 22.5 Å². The maximum absolute atomic E-state index is 13.7. The van der Waals surface area contributed by atoms with Crippen LogP contribution in [0.25, 0.3) is 11.3 Å². The normalized spacial score (nSPS) is 10.4. The van der Waals surface area contributed by atoms with Gasteiger partial charge in [0.05, 0.1) is 18.2 Å². The second-order valence-corrected chi connectivity index (χ2v) is 4.56. The molecule has 1 aromatic carbocycles. The van der Waals surface area contributed by atoms with Crippen molar-refractivity contribution in [2.75, 3.05) is 13.7 Å². The molecule has 0 amide bonds. The van der Waals surface area contributed by atoms with Crippen molar-refractivity contribution >= 4 is 21.9 Å². The SMILES string of the molecule is CCOC(=O)c1n[nH]nc1-c1cc(F)c(Br)cc1OC. The third-order valence-electron chi connectivity index (χ3n) is 2.51. The molecule has 0 bridgehead atoms. The number of carbonyl (C=O) groups excluding carboxylic acids is 1. The molecule has 1 heterocycles. The molecule has 8 heteroatoms. The summed E-state index contributed by atoms with van der Waals surface area (Å²) in [6.45, 7) is 1.88. The Kier molecular flexibility index (Phi) is 4.33. The van der Waals surface area contributed by atoms with Gasteiger partial charge in [-0.25, -0.2) is 9.18 Å². The molecule has 0 fully saturated rings. The van der Waals surface area contributed by atoms with E-state index in [1.54, 1.807) is 6.92 Å². The van der Waals surface area contributed by atoms with E-state index in [1.165, 1.54) is 19.2 Å². The van der Waals surface area contributed by atoms with Gasteiger partial charge in [-0.1, -0.05) is 0 Å². The average molecular weight is 344 g/mol. The predicted molar refractivity (Wildman–Crippen MR) is 72.0 cm³/mol. The number of aromatic amines is 1. The number of aromatic nitrogens is 3. The summed E-state index contributed by atoms with van der Waals surface area (Å²) in [7, 11) is 1.44. The number of carbonyl (C=O) groups is 1. The van der Waals surface area contributed by atoms with Crippen LogP contribution in [0.1, 0.15) is 17.4 Å². The standard InChI is InChI=1S/C12H11BrFN3O3/c1-3-20-12(18)11-10(15-17-16-11)6-4-8(14)7(13)5-9(6)19-2/h4-5H,3H2,1-2H3,(H,15,16,17). The first-order valence-corrected chi connectivity index (χ1v) is 6.49. The number of methoxy groups -OCH3 is 1. The number of hydrogen-bond donors (Lipinski definition) is 1. The van der Waals surface area contributed by atoms with Crippen LogP contribution in [0.15, 0.2) is 16.6 Å². The summed E-state index contributed by atoms with van der Waals surface area (Å²) in [6.07, 6.45) is 0. The molecule has 0 aliphatic rings. The lowest BCUT2D eigenvalue weighted by molar-refractivity contribution is 0.0520. The van der Waals surface area contributed by atoms with E-state index >= 15 is 0 Å². The van der Waals surface area contributed by atoms with Crippen molar-refractivity contribution in [3.63, 3.8) is 0 Å². The van der Waals surface area contributed by atoms with Gasteiger partial charge in [0.25, 0.3) is 0 Å². The lowest BCUT2D eigenvalue weighted by atomic mass is 10.1. The topological polar surface area (TPSA) is 77.1 Å². The molecule has 0 atom stereocenters. The van der Waals surface area contributed by atoms with E-state index < -0.39 is 11.8 Å². The minimum atomic E-state index is -0.637. The molecule has 2 aromatic rings. The third kappa shape index (κ3) is 2.64. The second kappa shape index (κ2) is 6.00. The van der Waals surface area contributed by atoms with Gasteiger partial charge in [0.15, 0.2) is 5.69 Å². The highest BCUT2D eigenvalue weighted by Crippen LogP contribution is 2.34. The lowest BCUT2D eigenvalue weighted by Gasteiger charge is -2.08. The first-order chi connectivity index (χ1) is 9.58. The number of esters is 1. The molecule has 0 saturated carbocycles. The lowest BCUT2D eigenvalue weighted by Crippen LogP contribution is -2.07. The molecule has 0 aliphatic heterocycles. The predicted octanol–water partition coefficient (Wildman–Crippen LogP) is 2.56. The first-order valence-electron chi connectivity index (χ1n) is 5.69. The Hall–Kier alpha value is -1.96. The van der Waals surface area contributed by atoms with Crippen molar-refractivity contribution in [2.24, 2.45) is 0 Å². The summed E-state index contributed by atoms with van der Waals surface area (Å²) in [6, 6.07) is 2.66. The number of nitrogens with zero attached hydrogens (tertiary/aromatic N) is 2. The van der Waals surface area contributed by atoms with Gasteiger partial charge in [-0.3, -0.25) is 0 Å². The summed E-state index contributed by atoms with van der Waals surface area (Å²) in [5, 5.41) is 9.94. The molecule has 2 rings (SSSR count). The molecule has 20 heavy (non-hydrogen) atoms.